The van der Waals surface area contributed by atoms with Gasteiger partial charge in [0.1, 0.15) is 5.75 Å². The Balaban J connectivity index is 1.35. The topological polar surface area (TPSA) is 80.8 Å². The molecule has 5 rings (SSSR count). The molecule has 2 aromatic carbocycles. The summed E-state index contributed by atoms with van der Waals surface area (Å²) in [6, 6.07) is 12.7. The molecule has 1 heterocycles. The molecule has 6 nitrogen and oxygen atoms in total. The number of carbonyl (C=O) groups is 4. The van der Waals surface area contributed by atoms with Gasteiger partial charge in [-0.2, -0.15) is 0 Å². The van der Waals surface area contributed by atoms with Crippen LogP contribution < -0.4 is 9.64 Å². The Morgan fingerprint density at radius 2 is 1.50 bits per heavy atom. The third kappa shape index (κ3) is 2.71. The van der Waals surface area contributed by atoms with Crippen LogP contribution in [-0.4, -0.2) is 23.6 Å². The zero-order valence-corrected chi connectivity index (χ0v) is 16.3. The van der Waals surface area contributed by atoms with Gasteiger partial charge in [-0.25, -0.2) is 4.79 Å². The first-order chi connectivity index (χ1) is 14.5. The molecule has 2 amide bonds. The lowest BCUT2D eigenvalue weighted by atomic mass is 9.85. The van der Waals surface area contributed by atoms with Crippen molar-refractivity contribution in [3.05, 3.63) is 71.8 Å². The van der Waals surface area contributed by atoms with E-state index in [-0.39, 0.29) is 52.6 Å². The summed E-state index contributed by atoms with van der Waals surface area (Å²) in [5.74, 6) is -1.17. The second-order valence-electron chi connectivity index (χ2n) is 8.00. The summed E-state index contributed by atoms with van der Waals surface area (Å²) in [6.45, 7) is 1.41. The molecule has 2 aliphatic carbocycles. The van der Waals surface area contributed by atoms with Gasteiger partial charge in [-0.1, -0.05) is 24.3 Å². The highest BCUT2D eigenvalue weighted by Gasteiger charge is 2.59. The zero-order chi connectivity index (χ0) is 21.0. The van der Waals surface area contributed by atoms with Crippen molar-refractivity contribution in [1.82, 2.24) is 0 Å². The third-order valence-electron chi connectivity index (χ3n) is 6.30. The Morgan fingerprint density at radius 1 is 0.900 bits per heavy atom. The maximum atomic E-state index is 12.9. The van der Waals surface area contributed by atoms with Crippen LogP contribution in [0.2, 0.25) is 0 Å². The van der Waals surface area contributed by atoms with Gasteiger partial charge in [-0.15, -0.1) is 0 Å². The van der Waals surface area contributed by atoms with Gasteiger partial charge in [-0.05, 0) is 61.6 Å². The third-order valence-corrected chi connectivity index (χ3v) is 6.30. The second kappa shape index (κ2) is 6.76. The van der Waals surface area contributed by atoms with Crippen molar-refractivity contribution in [1.29, 1.82) is 0 Å². The number of ketones is 1. The summed E-state index contributed by atoms with van der Waals surface area (Å²) in [4.78, 5) is 51.3. The molecule has 0 spiro atoms. The van der Waals surface area contributed by atoms with Crippen molar-refractivity contribution in [3.8, 4) is 5.75 Å². The van der Waals surface area contributed by atoms with Crippen LogP contribution in [0.1, 0.15) is 34.1 Å². The van der Waals surface area contributed by atoms with Crippen molar-refractivity contribution in [2.45, 2.75) is 13.3 Å². The van der Waals surface area contributed by atoms with E-state index >= 15 is 0 Å². The minimum atomic E-state index is -0.617. The van der Waals surface area contributed by atoms with Crippen LogP contribution in [0.4, 0.5) is 5.69 Å². The number of rotatable bonds is 4. The molecule has 30 heavy (non-hydrogen) atoms. The van der Waals surface area contributed by atoms with Crippen molar-refractivity contribution >= 4 is 29.3 Å². The molecule has 2 fully saturated rings. The Hall–Kier alpha value is -3.54. The fourth-order valence-corrected chi connectivity index (χ4v) is 4.91. The van der Waals surface area contributed by atoms with Gasteiger partial charge in [-0.3, -0.25) is 19.3 Å². The van der Waals surface area contributed by atoms with Crippen LogP contribution >= 0.6 is 0 Å². The number of benzene rings is 2. The molecule has 1 saturated carbocycles. The Morgan fingerprint density at radius 3 is 2.10 bits per heavy atom. The minimum absolute atomic E-state index is 0.150. The first kappa shape index (κ1) is 18.5. The molecule has 0 radical (unpaired) electrons. The van der Waals surface area contributed by atoms with E-state index in [0.29, 0.717) is 11.3 Å². The lowest BCUT2D eigenvalue weighted by molar-refractivity contribution is -0.123. The SMILES string of the molecule is CC(=O)c1ccccc1OC(=O)c1ccc(N2C(=O)[C@@H]3[C@@H](C2=O)[C@H]2C=C[C@H]3C2)cc1. The van der Waals surface area contributed by atoms with Crippen LogP contribution in [0.25, 0.3) is 0 Å². The maximum Gasteiger partial charge on any atom is 0.343 e. The summed E-state index contributed by atoms with van der Waals surface area (Å²) in [6.07, 6.45) is 4.99. The smallest absolute Gasteiger partial charge is 0.343 e. The maximum absolute atomic E-state index is 12.9. The number of carbonyl (C=O) groups excluding carboxylic acids is 4. The van der Waals surface area contributed by atoms with E-state index in [1.54, 1.807) is 36.4 Å². The largest absolute Gasteiger partial charge is 0.422 e. The highest BCUT2D eigenvalue weighted by molar-refractivity contribution is 6.22. The molecule has 2 aromatic rings. The predicted molar refractivity (Wildman–Crippen MR) is 108 cm³/mol. The van der Waals surface area contributed by atoms with Crippen LogP contribution in [-0.2, 0) is 9.59 Å². The van der Waals surface area contributed by atoms with E-state index in [1.807, 2.05) is 0 Å². The Kier molecular flexibility index (Phi) is 4.17. The van der Waals surface area contributed by atoms with Crippen molar-refractivity contribution in [2.75, 3.05) is 4.90 Å². The number of para-hydroxylation sites is 1. The molecule has 1 aliphatic heterocycles. The number of anilines is 1. The molecule has 1 saturated heterocycles. The molecular formula is C24H19NO5. The zero-order valence-electron chi connectivity index (χ0n) is 16.3. The van der Waals surface area contributed by atoms with Crippen molar-refractivity contribution < 1.29 is 23.9 Å². The van der Waals surface area contributed by atoms with E-state index in [9.17, 15) is 19.2 Å². The lowest BCUT2D eigenvalue weighted by Gasteiger charge is -2.17. The molecule has 4 atom stereocenters. The van der Waals surface area contributed by atoms with Crippen LogP contribution in [0.5, 0.6) is 5.75 Å². The van der Waals surface area contributed by atoms with Gasteiger partial charge in [0.25, 0.3) is 0 Å². The first-order valence-corrected chi connectivity index (χ1v) is 9.94. The normalized spacial score (nSPS) is 26.2. The summed E-state index contributed by atoms with van der Waals surface area (Å²) in [7, 11) is 0. The number of fused-ring (bicyclic) bond motifs is 5. The van der Waals surface area contributed by atoms with E-state index in [4.69, 9.17) is 4.74 Å². The fraction of sp³-hybridized carbons (Fsp3) is 0.250. The van der Waals surface area contributed by atoms with Gasteiger partial charge >= 0.3 is 5.97 Å². The molecule has 0 N–H and O–H groups in total. The number of amides is 2. The molecule has 6 heteroatoms. The van der Waals surface area contributed by atoms with Crippen LogP contribution in [0.15, 0.2) is 60.7 Å². The number of nitrogens with zero attached hydrogens (tertiary/aromatic N) is 1. The fourth-order valence-electron chi connectivity index (χ4n) is 4.91. The summed E-state index contributed by atoms with van der Waals surface area (Å²) < 4.78 is 5.38. The Labute approximate surface area is 173 Å². The van der Waals surface area contributed by atoms with Gasteiger partial charge in [0.2, 0.25) is 11.8 Å². The average Bonchev–Trinajstić information content (AvgIpc) is 3.42. The number of ether oxygens (including phenoxy) is 1. The molecule has 150 valence electrons. The number of allylic oxidation sites excluding steroid dienone is 2. The molecular weight excluding hydrogens is 382 g/mol. The van der Waals surface area contributed by atoms with Crippen molar-refractivity contribution in [3.63, 3.8) is 0 Å². The number of Topliss-reactive ketones (excluding diaryl/α,β-unsaturated/α-hetero) is 1. The highest BCUT2D eigenvalue weighted by Crippen LogP contribution is 2.53. The predicted octanol–water partition coefficient (Wildman–Crippen LogP) is 3.42. The number of imide groups is 1. The van der Waals surface area contributed by atoms with Crippen molar-refractivity contribution in [2.24, 2.45) is 23.7 Å². The molecule has 3 aliphatic rings. The monoisotopic (exact) mass is 401 g/mol. The molecule has 2 bridgehead atoms. The highest BCUT2D eigenvalue weighted by atomic mass is 16.5. The number of hydrogen-bond acceptors (Lipinski definition) is 5. The minimum Gasteiger partial charge on any atom is -0.422 e. The van der Waals surface area contributed by atoms with Gasteiger partial charge < -0.3 is 4.74 Å². The second-order valence-corrected chi connectivity index (χ2v) is 8.00. The summed E-state index contributed by atoms with van der Waals surface area (Å²) in [5.41, 5.74) is 1.04. The van der Waals surface area contributed by atoms with Crippen LogP contribution in [0.3, 0.4) is 0 Å². The van der Waals surface area contributed by atoms with E-state index < -0.39 is 5.97 Å². The summed E-state index contributed by atoms with van der Waals surface area (Å²) >= 11 is 0. The first-order valence-electron chi connectivity index (χ1n) is 9.94. The van der Waals surface area contributed by atoms with E-state index in [2.05, 4.69) is 12.2 Å². The lowest BCUT2D eigenvalue weighted by Crippen LogP contribution is -2.32. The van der Waals surface area contributed by atoms with E-state index in [1.165, 1.54) is 24.0 Å². The molecule has 0 unspecified atom stereocenters. The Bertz CT molecular complexity index is 1090. The average molecular weight is 401 g/mol. The van der Waals surface area contributed by atoms with E-state index in [0.717, 1.165) is 6.42 Å². The summed E-state index contributed by atoms with van der Waals surface area (Å²) in [5, 5.41) is 0. The standard InChI is InChI=1S/C24H19NO5/c1-13(26)18-4-2-3-5-19(18)30-24(29)14-8-10-17(11-9-14)25-22(27)20-15-6-7-16(12-15)21(20)23(25)28/h2-11,15-16,20-21H,12H2,1H3/t15-,16-,20-,21-/m0/s1. The molecule has 0 aromatic heterocycles. The van der Waals surface area contributed by atoms with Gasteiger partial charge in [0.05, 0.1) is 28.7 Å². The van der Waals surface area contributed by atoms with Gasteiger partial charge in [0.15, 0.2) is 5.78 Å². The van der Waals surface area contributed by atoms with Crippen LogP contribution in [0, 0.1) is 23.7 Å². The van der Waals surface area contributed by atoms with Gasteiger partial charge in [0, 0.05) is 0 Å². The number of hydrogen-bond donors (Lipinski definition) is 0. The number of esters is 1. The quantitative estimate of drug-likeness (QED) is 0.258.